The van der Waals surface area contributed by atoms with E-state index >= 15 is 0 Å². The molecule has 0 spiro atoms. The first-order chi connectivity index (χ1) is 14.7. The van der Waals surface area contributed by atoms with Gasteiger partial charge in [-0.3, -0.25) is 4.79 Å². The van der Waals surface area contributed by atoms with Crippen LogP contribution in [0.15, 0.2) is 54.6 Å². The highest BCUT2D eigenvalue weighted by Gasteiger charge is 2.37. The van der Waals surface area contributed by atoms with Crippen molar-refractivity contribution in [1.82, 2.24) is 35.7 Å². The van der Waals surface area contributed by atoms with Crippen LogP contribution in [0.4, 0.5) is 0 Å². The second kappa shape index (κ2) is 8.11. The summed E-state index contributed by atoms with van der Waals surface area (Å²) in [6.07, 6.45) is 3.83. The molecule has 2 aromatic heterocycles. The van der Waals surface area contributed by atoms with Crippen LogP contribution in [0, 0.1) is 5.92 Å². The van der Waals surface area contributed by atoms with Crippen molar-refractivity contribution >= 4 is 16.9 Å². The molecule has 154 valence electrons. The van der Waals surface area contributed by atoms with Gasteiger partial charge in [0.2, 0.25) is 0 Å². The molecule has 1 unspecified atom stereocenters. The lowest BCUT2D eigenvalue weighted by molar-refractivity contribution is -0.118. The first-order valence-corrected chi connectivity index (χ1v) is 10.1. The molecular weight excluding hydrogens is 382 g/mol. The predicted molar refractivity (Wildman–Crippen MR) is 110 cm³/mol. The molecule has 30 heavy (non-hydrogen) atoms. The minimum atomic E-state index is -0.204. The topological polar surface area (TPSA) is 108 Å². The van der Waals surface area contributed by atoms with Gasteiger partial charge in [0.25, 0.3) is 5.91 Å². The summed E-state index contributed by atoms with van der Waals surface area (Å²) in [4.78, 5) is 22.7. The van der Waals surface area contributed by atoms with E-state index in [1.165, 1.54) is 6.26 Å². The van der Waals surface area contributed by atoms with Crippen LogP contribution in [0.25, 0.3) is 11.0 Å². The lowest BCUT2D eigenvalue weighted by atomic mass is 9.98. The first-order valence-electron chi connectivity index (χ1n) is 10.1. The SMILES string of the molecule is O=C(NCc1cccnn1)C1=COC(C2CN(CCc3nc4ccccc4[nH]3)C2)N1. The van der Waals surface area contributed by atoms with Crippen molar-refractivity contribution in [2.45, 2.75) is 19.2 Å². The van der Waals surface area contributed by atoms with Crippen LogP contribution in [0.3, 0.4) is 0 Å². The Kier molecular flexibility index (Phi) is 5.02. The Morgan fingerprint density at radius 1 is 1.23 bits per heavy atom. The molecule has 1 fully saturated rings. The molecule has 0 radical (unpaired) electrons. The molecule has 1 saturated heterocycles. The molecule has 0 saturated carbocycles. The van der Waals surface area contributed by atoms with Crippen molar-refractivity contribution in [3.63, 3.8) is 0 Å². The number of nitrogens with one attached hydrogen (secondary N) is 3. The predicted octanol–water partition coefficient (Wildman–Crippen LogP) is 0.931. The van der Waals surface area contributed by atoms with E-state index in [0.717, 1.165) is 42.9 Å². The average molecular weight is 405 g/mol. The van der Waals surface area contributed by atoms with Crippen LogP contribution >= 0.6 is 0 Å². The highest BCUT2D eigenvalue weighted by Crippen LogP contribution is 2.24. The van der Waals surface area contributed by atoms with Gasteiger partial charge >= 0.3 is 0 Å². The third-order valence-electron chi connectivity index (χ3n) is 5.45. The summed E-state index contributed by atoms with van der Waals surface area (Å²) in [6.45, 7) is 3.14. The van der Waals surface area contributed by atoms with Crippen molar-refractivity contribution in [3.8, 4) is 0 Å². The number of likely N-dealkylation sites (tertiary alicyclic amines) is 1. The Hall–Kier alpha value is -3.46. The molecule has 3 N–H and O–H groups in total. The maximum Gasteiger partial charge on any atom is 0.270 e. The van der Waals surface area contributed by atoms with Gasteiger partial charge < -0.3 is 25.3 Å². The van der Waals surface area contributed by atoms with Crippen molar-refractivity contribution in [2.24, 2.45) is 5.92 Å². The average Bonchev–Trinajstić information content (AvgIpc) is 3.38. The highest BCUT2D eigenvalue weighted by molar-refractivity contribution is 5.92. The van der Waals surface area contributed by atoms with E-state index in [1.54, 1.807) is 12.3 Å². The van der Waals surface area contributed by atoms with E-state index < -0.39 is 0 Å². The number of nitrogens with zero attached hydrogens (tertiary/aromatic N) is 4. The van der Waals surface area contributed by atoms with Crippen molar-refractivity contribution < 1.29 is 9.53 Å². The molecule has 4 heterocycles. The van der Waals surface area contributed by atoms with Crippen LogP contribution < -0.4 is 10.6 Å². The zero-order valence-electron chi connectivity index (χ0n) is 16.4. The van der Waals surface area contributed by atoms with Gasteiger partial charge in [0.05, 0.1) is 23.3 Å². The Balaban J connectivity index is 1.04. The number of para-hydroxylation sites is 2. The molecule has 1 aromatic carbocycles. The minimum absolute atomic E-state index is 0.162. The summed E-state index contributed by atoms with van der Waals surface area (Å²) in [5.41, 5.74) is 3.24. The lowest BCUT2D eigenvalue weighted by Gasteiger charge is -2.41. The zero-order chi connectivity index (χ0) is 20.3. The van der Waals surface area contributed by atoms with E-state index in [2.05, 4.69) is 35.7 Å². The standard InChI is InChI=1S/C21H23N7O2/c29-20(22-10-15-4-3-8-23-27-15)18-13-30-21(26-18)14-11-28(12-14)9-7-19-24-16-5-1-2-6-17(16)25-19/h1-6,8,13-14,21,26H,7,9-12H2,(H,22,29)(H,24,25). The van der Waals surface area contributed by atoms with Gasteiger partial charge in [0, 0.05) is 38.2 Å². The highest BCUT2D eigenvalue weighted by atomic mass is 16.5. The first kappa shape index (κ1) is 18.6. The number of hydrogen-bond donors (Lipinski definition) is 3. The maximum absolute atomic E-state index is 12.3. The monoisotopic (exact) mass is 405 g/mol. The number of aromatic amines is 1. The van der Waals surface area contributed by atoms with Crippen LogP contribution in [0.1, 0.15) is 11.5 Å². The number of rotatable bonds is 7. The fourth-order valence-electron chi connectivity index (χ4n) is 3.78. The van der Waals surface area contributed by atoms with Crippen LogP contribution in [0.2, 0.25) is 0 Å². The van der Waals surface area contributed by atoms with Gasteiger partial charge in [0.15, 0.2) is 6.23 Å². The van der Waals surface area contributed by atoms with Gasteiger partial charge in [-0.15, -0.1) is 0 Å². The summed E-state index contributed by atoms with van der Waals surface area (Å²) in [7, 11) is 0. The number of imidazole rings is 1. The van der Waals surface area contributed by atoms with Gasteiger partial charge in [0.1, 0.15) is 17.8 Å². The smallest absolute Gasteiger partial charge is 0.270 e. The number of H-pyrrole nitrogens is 1. The van der Waals surface area contributed by atoms with Crippen molar-refractivity contribution in [2.75, 3.05) is 19.6 Å². The number of aromatic nitrogens is 4. The van der Waals surface area contributed by atoms with Crippen molar-refractivity contribution in [3.05, 3.63) is 66.1 Å². The number of ether oxygens (including phenoxy) is 1. The molecule has 9 heteroatoms. The fourth-order valence-corrected chi connectivity index (χ4v) is 3.78. The number of carbonyl (C=O) groups is 1. The lowest BCUT2D eigenvalue weighted by Crippen LogP contribution is -2.55. The molecule has 5 rings (SSSR count). The molecule has 2 aliphatic heterocycles. The molecular formula is C21H23N7O2. The Morgan fingerprint density at radius 3 is 2.97 bits per heavy atom. The van der Waals surface area contributed by atoms with Crippen LogP contribution in [-0.2, 0) is 22.5 Å². The minimum Gasteiger partial charge on any atom is -0.476 e. The normalized spacial score (nSPS) is 19.1. The third-order valence-corrected chi connectivity index (χ3v) is 5.45. The molecule has 9 nitrogen and oxygen atoms in total. The van der Waals surface area contributed by atoms with Gasteiger partial charge in [-0.05, 0) is 24.3 Å². The number of carbonyl (C=O) groups excluding carboxylic acids is 1. The van der Waals surface area contributed by atoms with Gasteiger partial charge in [-0.2, -0.15) is 10.2 Å². The largest absolute Gasteiger partial charge is 0.476 e. The summed E-state index contributed by atoms with van der Waals surface area (Å²) in [5, 5.41) is 13.8. The van der Waals surface area contributed by atoms with Crippen LogP contribution in [-0.4, -0.2) is 56.8 Å². The van der Waals surface area contributed by atoms with E-state index in [4.69, 9.17) is 4.74 Å². The fraction of sp³-hybridized carbons (Fsp3) is 0.333. The number of amides is 1. The number of fused-ring (bicyclic) bond motifs is 1. The maximum atomic E-state index is 12.3. The molecule has 0 bridgehead atoms. The summed E-state index contributed by atoms with van der Waals surface area (Å²) in [6, 6.07) is 11.7. The molecule has 0 aliphatic carbocycles. The second-order valence-corrected chi connectivity index (χ2v) is 7.60. The Bertz CT molecular complexity index is 1030. The third kappa shape index (κ3) is 3.97. The molecule has 2 aliphatic rings. The Labute approximate surface area is 173 Å². The van der Waals surface area contributed by atoms with Gasteiger partial charge in [-0.1, -0.05) is 12.1 Å². The molecule has 1 amide bonds. The number of hydrogen-bond acceptors (Lipinski definition) is 7. The van der Waals surface area contributed by atoms with E-state index in [-0.39, 0.29) is 12.1 Å². The second-order valence-electron chi connectivity index (χ2n) is 7.60. The summed E-state index contributed by atoms with van der Waals surface area (Å²) in [5.74, 6) is 1.16. The molecule has 3 aromatic rings. The summed E-state index contributed by atoms with van der Waals surface area (Å²) >= 11 is 0. The quantitative estimate of drug-likeness (QED) is 0.537. The Morgan fingerprint density at radius 2 is 2.13 bits per heavy atom. The van der Waals surface area contributed by atoms with E-state index in [0.29, 0.717) is 23.9 Å². The zero-order valence-corrected chi connectivity index (χ0v) is 16.4. The van der Waals surface area contributed by atoms with Crippen LogP contribution in [0.5, 0.6) is 0 Å². The van der Waals surface area contributed by atoms with Crippen molar-refractivity contribution in [1.29, 1.82) is 0 Å². The summed E-state index contributed by atoms with van der Waals surface area (Å²) < 4.78 is 5.69. The molecule has 1 atom stereocenters. The van der Waals surface area contributed by atoms with E-state index in [1.807, 2.05) is 30.3 Å². The number of benzene rings is 1. The van der Waals surface area contributed by atoms with E-state index in [9.17, 15) is 4.79 Å². The van der Waals surface area contributed by atoms with Gasteiger partial charge in [-0.25, -0.2) is 4.98 Å².